The minimum Gasteiger partial charge on any atom is -0.504 e. The van der Waals surface area contributed by atoms with Crippen molar-refractivity contribution in [2.45, 2.75) is 12.5 Å². The van der Waals surface area contributed by atoms with Gasteiger partial charge >= 0.3 is 5.97 Å². The lowest BCUT2D eigenvalue weighted by Crippen LogP contribution is -2.16. The first kappa shape index (κ1) is 11.3. The number of para-hydroxylation sites is 1. The molecule has 0 radical (unpaired) electrons. The van der Waals surface area contributed by atoms with E-state index in [1.165, 1.54) is 13.2 Å². The number of ether oxygens (including phenoxy) is 1. The molecule has 1 rings (SSSR count). The molecule has 0 heterocycles. The highest BCUT2D eigenvalue weighted by molar-refractivity contribution is 5.70. The Morgan fingerprint density at radius 2 is 2.20 bits per heavy atom. The van der Waals surface area contributed by atoms with Crippen LogP contribution in [0.15, 0.2) is 18.2 Å². The molecule has 0 aliphatic rings. The Hall–Kier alpha value is -1.75. The van der Waals surface area contributed by atoms with E-state index in [0.29, 0.717) is 5.56 Å². The fourth-order valence-corrected chi connectivity index (χ4v) is 1.22. The zero-order chi connectivity index (χ0) is 11.4. The van der Waals surface area contributed by atoms with Crippen molar-refractivity contribution in [1.29, 1.82) is 0 Å². The van der Waals surface area contributed by atoms with Gasteiger partial charge in [0.1, 0.15) is 0 Å². The molecule has 0 spiro atoms. The molecule has 82 valence electrons. The van der Waals surface area contributed by atoms with Gasteiger partial charge < -0.3 is 20.7 Å². The summed E-state index contributed by atoms with van der Waals surface area (Å²) < 4.78 is 4.45. The van der Waals surface area contributed by atoms with Gasteiger partial charge in [-0.05, 0) is 6.07 Å². The second-order valence-electron chi connectivity index (χ2n) is 3.10. The van der Waals surface area contributed by atoms with Crippen LogP contribution in [0.4, 0.5) is 0 Å². The molecule has 0 aromatic heterocycles. The topological polar surface area (TPSA) is 92.8 Å². The summed E-state index contributed by atoms with van der Waals surface area (Å²) in [6.45, 7) is 0. The normalized spacial score (nSPS) is 12.1. The number of aromatic hydroxyl groups is 2. The molecule has 5 heteroatoms. The van der Waals surface area contributed by atoms with Crippen LogP contribution in [-0.4, -0.2) is 23.3 Å². The van der Waals surface area contributed by atoms with Gasteiger partial charge in [-0.1, -0.05) is 12.1 Å². The molecule has 1 aromatic rings. The van der Waals surface area contributed by atoms with Crippen LogP contribution in [0.25, 0.3) is 0 Å². The molecule has 1 atom stereocenters. The summed E-state index contributed by atoms with van der Waals surface area (Å²) in [4.78, 5) is 10.9. The summed E-state index contributed by atoms with van der Waals surface area (Å²) in [5.74, 6) is -1.02. The molecule has 0 fully saturated rings. The predicted octanol–water partition coefficient (Wildman–Crippen LogP) is 0.661. The maximum Gasteiger partial charge on any atom is 0.307 e. The van der Waals surface area contributed by atoms with Crippen LogP contribution in [0.1, 0.15) is 18.0 Å². The van der Waals surface area contributed by atoms with E-state index in [1.54, 1.807) is 12.1 Å². The van der Waals surface area contributed by atoms with Crippen LogP contribution in [0.2, 0.25) is 0 Å². The molecule has 0 aliphatic carbocycles. The van der Waals surface area contributed by atoms with Crippen LogP contribution < -0.4 is 5.73 Å². The van der Waals surface area contributed by atoms with Crippen molar-refractivity contribution in [3.05, 3.63) is 23.8 Å². The summed E-state index contributed by atoms with van der Waals surface area (Å²) in [6, 6.07) is 3.73. The number of hydrogen-bond donors (Lipinski definition) is 3. The number of esters is 1. The van der Waals surface area contributed by atoms with E-state index in [2.05, 4.69) is 4.74 Å². The number of methoxy groups -OCH3 is 1. The monoisotopic (exact) mass is 211 g/mol. The van der Waals surface area contributed by atoms with Crippen LogP contribution >= 0.6 is 0 Å². The largest absolute Gasteiger partial charge is 0.504 e. The number of phenols is 2. The van der Waals surface area contributed by atoms with Gasteiger partial charge in [-0.15, -0.1) is 0 Å². The number of phenolic OH excluding ortho intramolecular Hbond substituents is 2. The molecule has 0 aliphatic heterocycles. The minimum absolute atomic E-state index is 0.0481. The fourth-order valence-electron chi connectivity index (χ4n) is 1.22. The lowest BCUT2D eigenvalue weighted by molar-refractivity contribution is -0.141. The van der Waals surface area contributed by atoms with E-state index in [9.17, 15) is 15.0 Å². The van der Waals surface area contributed by atoms with E-state index < -0.39 is 12.0 Å². The summed E-state index contributed by atoms with van der Waals surface area (Å²) >= 11 is 0. The molecule has 0 amide bonds. The molecular weight excluding hydrogens is 198 g/mol. The third-order valence-electron chi connectivity index (χ3n) is 2.06. The third-order valence-corrected chi connectivity index (χ3v) is 2.06. The average molecular weight is 211 g/mol. The average Bonchev–Trinajstić information content (AvgIpc) is 2.21. The van der Waals surface area contributed by atoms with Crippen molar-refractivity contribution in [2.75, 3.05) is 7.11 Å². The van der Waals surface area contributed by atoms with E-state index in [1.807, 2.05) is 0 Å². The van der Waals surface area contributed by atoms with Gasteiger partial charge in [0.2, 0.25) is 0 Å². The summed E-state index contributed by atoms with van der Waals surface area (Å²) in [7, 11) is 1.26. The number of rotatable bonds is 3. The fraction of sp³-hybridized carbons (Fsp3) is 0.300. The predicted molar refractivity (Wildman–Crippen MR) is 53.3 cm³/mol. The first-order valence-corrected chi connectivity index (χ1v) is 4.39. The maximum absolute atomic E-state index is 10.9. The van der Waals surface area contributed by atoms with Gasteiger partial charge in [0.25, 0.3) is 0 Å². The SMILES string of the molecule is COC(=O)C[C@@H](N)c1cccc(O)c1O. The Bertz CT molecular complexity index is 364. The third kappa shape index (κ3) is 2.60. The van der Waals surface area contributed by atoms with Crippen molar-refractivity contribution in [2.24, 2.45) is 5.73 Å². The second-order valence-corrected chi connectivity index (χ2v) is 3.10. The molecule has 1 aromatic carbocycles. The molecule has 0 saturated heterocycles. The maximum atomic E-state index is 10.9. The van der Waals surface area contributed by atoms with Gasteiger partial charge in [-0.3, -0.25) is 4.79 Å². The van der Waals surface area contributed by atoms with E-state index in [4.69, 9.17) is 5.73 Å². The molecule has 0 saturated carbocycles. The smallest absolute Gasteiger partial charge is 0.307 e. The van der Waals surface area contributed by atoms with Gasteiger partial charge in [0.15, 0.2) is 11.5 Å². The zero-order valence-electron chi connectivity index (χ0n) is 8.30. The highest BCUT2D eigenvalue weighted by Crippen LogP contribution is 2.32. The summed E-state index contributed by atoms with van der Waals surface area (Å²) in [5.41, 5.74) is 5.99. The molecule has 4 N–H and O–H groups in total. The van der Waals surface area contributed by atoms with Crippen LogP contribution in [0.5, 0.6) is 11.5 Å². The summed E-state index contributed by atoms with van der Waals surface area (Å²) in [6.07, 6.45) is -0.0481. The van der Waals surface area contributed by atoms with Crippen molar-refractivity contribution >= 4 is 5.97 Å². The molecule has 5 nitrogen and oxygen atoms in total. The Kier molecular flexibility index (Phi) is 3.51. The first-order valence-electron chi connectivity index (χ1n) is 4.39. The lowest BCUT2D eigenvalue weighted by atomic mass is 10.0. The number of carbonyl (C=O) groups is 1. The van der Waals surface area contributed by atoms with Crippen molar-refractivity contribution in [3.63, 3.8) is 0 Å². The summed E-state index contributed by atoms with van der Waals surface area (Å²) in [5, 5.41) is 18.7. The highest BCUT2D eigenvalue weighted by Gasteiger charge is 2.16. The van der Waals surface area contributed by atoms with Gasteiger partial charge in [0, 0.05) is 11.6 Å². The molecular formula is C10H13NO4. The number of carbonyl (C=O) groups excluding carboxylic acids is 1. The highest BCUT2D eigenvalue weighted by atomic mass is 16.5. The second kappa shape index (κ2) is 4.65. The standard InChI is InChI=1S/C10H13NO4/c1-15-9(13)5-7(11)6-3-2-4-8(12)10(6)14/h2-4,7,12,14H,5,11H2,1H3/t7-/m1/s1. The van der Waals surface area contributed by atoms with Crippen molar-refractivity contribution in [3.8, 4) is 11.5 Å². The minimum atomic E-state index is -0.690. The first-order chi connectivity index (χ1) is 7.06. The Morgan fingerprint density at radius 1 is 1.53 bits per heavy atom. The molecule has 15 heavy (non-hydrogen) atoms. The van der Waals surface area contributed by atoms with Crippen LogP contribution in [0, 0.1) is 0 Å². The number of nitrogens with two attached hydrogens (primary N) is 1. The Labute approximate surface area is 87.1 Å². The Morgan fingerprint density at radius 3 is 2.80 bits per heavy atom. The van der Waals surface area contributed by atoms with Gasteiger partial charge in [-0.25, -0.2) is 0 Å². The van der Waals surface area contributed by atoms with Crippen molar-refractivity contribution < 1.29 is 19.7 Å². The van der Waals surface area contributed by atoms with E-state index in [-0.39, 0.29) is 17.9 Å². The number of benzene rings is 1. The molecule has 0 unspecified atom stereocenters. The molecule has 0 bridgehead atoms. The van der Waals surface area contributed by atoms with E-state index in [0.717, 1.165) is 0 Å². The number of hydrogen-bond acceptors (Lipinski definition) is 5. The Balaban J connectivity index is 2.86. The van der Waals surface area contributed by atoms with Gasteiger partial charge in [-0.2, -0.15) is 0 Å². The van der Waals surface area contributed by atoms with Gasteiger partial charge in [0.05, 0.1) is 13.5 Å². The van der Waals surface area contributed by atoms with Crippen LogP contribution in [-0.2, 0) is 9.53 Å². The zero-order valence-corrected chi connectivity index (χ0v) is 8.30. The van der Waals surface area contributed by atoms with E-state index >= 15 is 0 Å². The quantitative estimate of drug-likeness (QED) is 0.504. The van der Waals surface area contributed by atoms with Crippen LogP contribution in [0.3, 0.4) is 0 Å². The lowest BCUT2D eigenvalue weighted by Gasteiger charge is -2.12. The van der Waals surface area contributed by atoms with Crippen molar-refractivity contribution in [1.82, 2.24) is 0 Å².